The smallest absolute Gasteiger partial charge is 0.178 e. The Hall–Kier alpha value is -1.07. The molecule has 1 aromatic rings. The van der Waals surface area contributed by atoms with E-state index >= 15 is 0 Å². The van der Waals surface area contributed by atoms with Gasteiger partial charge in [-0.3, -0.25) is 0 Å². The van der Waals surface area contributed by atoms with Crippen molar-refractivity contribution < 1.29 is 13.2 Å². The highest BCUT2D eigenvalue weighted by Crippen LogP contribution is 2.23. The molecule has 5 heteroatoms. The van der Waals surface area contributed by atoms with Crippen LogP contribution in [0.3, 0.4) is 0 Å². The molecule has 0 spiro atoms. The fraction of sp³-hybridized carbons (Fsp3) is 0.571. The summed E-state index contributed by atoms with van der Waals surface area (Å²) in [6.07, 6.45) is 3.85. The van der Waals surface area contributed by atoms with Gasteiger partial charge in [0.2, 0.25) is 0 Å². The van der Waals surface area contributed by atoms with E-state index in [1.807, 2.05) is 0 Å². The molecule has 1 saturated heterocycles. The molecule has 2 rings (SSSR count). The first-order chi connectivity index (χ1) is 9.00. The molecule has 1 aliphatic rings. The molecule has 19 heavy (non-hydrogen) atoms. The zero-order valence-electron chi connectivity index (χ0n) is 11.3. The van der Waals surface area contributed by atoms with Crippen molar-refractivity contribution >= 4 is 15.5 Å². The summed E-state index contributed by atoms with van der Waals surface area (Å²) in [6.45, 7) is 2.56. The molecule has 0 aromatic heterocycles. The molecule has 1 heterocycles. The van der Waals surface area contributed by atoms with Crippen LogP contribution in [-0.4, -0.2) is 26.9 Å². The molecule has 0 amide bonds. The normalized spacial score (nSPS) is 19.7. The van der Waals surface area contributed by atoms with Crippen LogP contribution in [0.25, 0.3) is 0 Å². The molecule has 0 radical (unpaired) electrons. The standard InChI is InChI=1S/C14H21NO3S/c1-11-13(15)7-2-8-14(11)19(16,17)10-4-6-12-5-3-9-18-12/h2,7-8,12H,3-6,9-10,15H2,1H3. The Labute approximate surface area is 114 Å². The number of nitrogens with two attached hydrogens (primary N) is 1. The second-order valence-corrected chi connectivity index (χ2v) is 7.14. The van der Waals surface area contributed by atoms with Gasteiger partial charge in [-0.25, -0.2) is 8.42 Å². The van der Waals surface area contributed by atoms with Crippen molar-refractivity contribution in [2.24, 2.45) is 0 Å². The summed E-state index contributed by atoms with van der Waals surface area (Å²) >= 11 is 0. The summed E-state index contributed by atoms with van der Waals surface area (Å²) in [5.41, 5.74) is 6.94. The van der Waals surface area contributed by atoms with E-state index in [1.54, 1.807) is 25.1 Å². The predicted molar refractivity (Wildman–Crippen MR) is 75.9 cm³/mol. The minimum absolute atomic E-state index is 0.164. The van der Waals surface area contributed by atoms with Crippen molar-refractivity contribution in [3.8, 4) is 0 Å². The topological polar surface area (TPSA) is 69.4 Å². The monoisotopic (exact) mass is 283 g/mol. The van der Waals surface area contributed by atoms with Crippen molar-refractivity contribution in [3.05, 3.63) is 23.8 Å². The molecular weight excluding hydrogens is 262 g/mol. The van der Waals surface area contributed by atoms with Gasteiger partial charge in [0.25, 0.3) is 0 Å². The molecular formula is C14H21NO3S. The highest BCUT2D eigenvalue weighted by atomic mass is 32.2. The molecule has 0 bridgehead atoms. The van der Waals surface area contributed by atoms with E-state index in [0.29, 0.717) is 22.6 Å². The molecule has 4 nitrogen and oxygen atoms in total. The van der Waals surface area contributed by atoms with Gasteiger partial charge in [0.05, 0.1) is 16.8 Å². The van der Waals surface area contributed by atoms with Crippen LogP contribution in [-0.2, 0) is 14.6 Å². The first-order valence-electron chi connectivity index (χ1n) is 6.70. The summed E-state index contributed by atoms with van der Waals surface area (Å²) in [6, 6.07) is 5.04. The van der Waals surface area contributed by atoms with Crippen LogP contribution in [0, 0.1) is 6.92 Å². The van der Waals surface area contributed by atoms with Crippen molar-refractivity contribution in [2.45, 2.75) is 43.6 Å². The lowest BCUT2D eigenvalue weighted by Gasteiger charge is -2.11. The number of hydrogen-bond donors (Lipinski definition) is 1. The lowest BCUT2D eigenvalue weighted by molar-refractivity contribution is 0.104. The number of nitrogen functional groups attached to an aromatic ring is 1. The van der Waals surface area contributed by atoms with Crippen molar-refractivity contribution in [2.75, 3.05) is 18.1 Å². The van der Waals surface area contributed by atoms with Crippen molar-refractivity contribution in [1.29, 1.82) is 0 Å². The zero-order chi connectivity index (χ0) is 13.9. The summed E-state index contributed by atoms with van der Waals surface area (Å²) in [7, 11) is -3.24. The quantitative estimate of drug-likeness (QED) is 0.842. The number of rotatable bonds is 5. The third kappa shape index (κ3) is 3.48. The van der Waals surface area contributed by atoms with Crippen LogP contribution in [0.5, 0.6) is 0 Å². The fourth-order valence-corrected chi connectivity index (χ4v) is 4.09. The van der Waals surface area contributed by atoms with Gasteiger partial charge in [0.15, 0.2) is 9.84 Å². The highest BCUT2D eigenvalue weighted by molar-refractivity contribution is 7.91. The molecule has 1 aliphatic heterocycles. The Morgan fingerprint density at radius 3 is 2.89 bits per heavy atom. The second-order valence-electron chi connectivity index (χ2n) is 5.07. The van der Waals surface area contributed by atoms with Gasteiger partial charge in [-0.15, -0.1) is 0 Å². The fourth-order valence-electron chi connectivity index (χ4n) is 2.45. The molecule has 2 N–H and O–H groups in total. The van der Waals surface area contributed by atoms with Crippen LogP contribution in [0.1, 0.15) is 31.2 Å². The zero-order valence-corrected chi connectivity index (χ0v) is 12.1. The van der Waals surface area contributed by atoms with Crippen molar-refractivity contribution in [3.63, 3.8) is 0 Å². The van der Waals surface area contributed by atoms with Crippen LogP contribution in [0.2, 0.25) is 0 Å². The molecule has 0 aliphatic carbocycles. The number of anilines is 1. The Kier molecular flexibility index (Phi) is 4.47. The van der Waals surface area contributed by atoms with Gasteiger partial charge in [-0.05, 0) is 50.3 Å². The summed E-state index contributed by atoms with van der Waals surface area (Å²) < 4.78 is 30.1. The first-order valence-corrected chi connectivity index (χ1v) is 8.35. The van der Waals surface area contributed by atoms with E-state index in [1.165, 1.54) is 0 Å². The minimum Gasteiger partial charge on any atom is -0.398 e. The van der Waals surface area contributed by atoms with Gasteiger partial charge in [0, 0.05) is 12.3 Å². The van der Waals surface area contributed by atoms with Gasteiger partial charge in [0.1, 0.15) is 0 Å². The summed E-state index contributed by atoms with van der Waals surface area (Å²) in [5, 5.41) is 0. The molecule has 106 valence electrons. The molecule has 1 unspecified atom stereocenters. The van der Waals surface area contributed by atoms with Gasteiger partial charge < -0.3 is 10.5 Å². The number of sulfone groups is 1. The van der Waals surface area contributed by atoms with E-state index in [-0.39, 0.29) is 11.9 Å². The van der Waals surface area contributed by atoms with E-state index in [9.17, 15) is 8.42 Å². The molecule has 1 fully saturated rings. The van der Waals surface area contributed by atoms with E-state index < -0.39 is 9.84 Å². The maximum absolute atomic E-state index is 12.3. The van der Waals surface area contributed by atoms with Gasteiger partial charge in [-0.2, -0.15) is 0 Å². The maximum Gasteiger partial charge on any atom is 0.178 e. The number of ether oxygens (including phenoxy) is 1. The largest absolute Gasteiger partial charge is 0.398 e. The van der Waals surface area contributed by atoms with Gasteiger partial charge >= 0.3 is 0 Å². The van der Waals surface area contributed by atoms with Crippen LogP contribution < -0.4 is 5.73 Å². The number of hydrogen-bond acceptors (Lipinski definition) is 4. The van der Waals surface area contributed by atoms with Crippen LogP contribution >= 0.6 is 0 Å². The molecule has 1 aromatic carbocycles. The SMILES string of the molecule is Cc1c(N)cccc1S(=O)(=O)CCCC1CCCO1. The van der Waals surface area contributed by atoms with E-state index in [0.717, 1.165) is 25.9 Å². The second kappa shape index (κ2) is 5.92. The third-order valence-corrected chi connectivity index (χ3v) is 5.56. The average Bonchev–Trinajstić information content (AvgIpc) is 2.85. The maximum atomic E-state index is 12.3. The Morgan fingerprint density at radius 2 is 2.21 bits per heavy atom. The van der Waals surface area contributed by atoms with Crippen molar-refractivity contribution in [1.82, 2.24) is 0 Å². The predicted octanol–water partition coefficient (Wildman–Crippen LogP) is 2.31. The Morgan fingerprint density at radius 1 is 1.42 bits per heavy atom. The lowest BCUT2D eigenvalue weighted by atomic mass is 10.1. The third-order valence-electron chi connectivity index (χ3n) is 3.62. The minimum atomic E-state index is -3.24. The summed E-state index contributed by atoms with van der Waals surface area (Å²) in [4.78, 5) is 0.361. The average molecular weight is 283 g/mol. The Balaban J connectivity index is 1.99. The molecule has 0 saturated carbocycles. The highest BCUT2D eigenvalue weighted by Gasteiger charge is 2.20. The van der Waals surface area contributed by atoms with E-state index in [2.05, 4.69) is 0 Å². The number of benzene rings is 1. The first kappa shape index (κ1) is 14.3. The van der Waals surface area contributed by atoms with Crippen LogP contribution in [0.4, 0.5) is 5.69 Å². The Bertz CT molecular complexity index is 534. The summed E-state index contributed by atoms with van der Waals surface area (Å²) in [5.74, 6) is 0.164. The van der Waals surface area contributed by atoms with E-state index in [4.69, 9.17) is 10.5 Å². The molecule has 1 atom stereocenters. The van der Waals surface area contributed by atoms with Crippen LogP contribution in [0.15, 0.2) is 23.1 Å². The van der Waals surface area contributed by atoms with Gasteiger partial charge in [-0.1, -0.05) is 6.07 Å². The lowest BCUT2D eigenvalue weighted by Crippen LogP contribution is -2.12.